The van der Waals surface area contributed by atoms with E-state index in [4.69, 9.17) is 10.2 Å². The van der Waals surface area contributed by atoms with Gasteiger partial charge in [-0.3, -0.25) is 4.90 Å². The second kappa shape index (κ2) is 6.11. The minimum absolute atomic E-state index is 0.474. The van der Waals surface area contributed by atoms with Gasteiger partial charge in [-0.1, -0.05) is 18.2 Å². The predicted molar refractivity (Wildman–Crippen MR) is 80.5 cm³/mol. The van der Waals surface area contributed by atoms with Crippen LogP contribution in [0.1, 0.15) is 11.5 Å². The van der Waals surface area contributed by atoms with Crippen molar-refractivity contribution in [2.75, 3.05) is 31.1 Å². The quantitative estimate of drug-likeness (QED) is 0.924. The summed E-state index contributed by atoms with van der Waals surface area (Å²) in [6, 6.07) is 14.6. The van der Waals surface area contributed by atoms with Crippen molar-refractivity contribution in [1.29, 1.82) is 0 Å². The van der Waals surface area contributed by atoms with Crippen LogP contribution in [0.25, 0.3) is 0 Å². The number of hydrogen-bond acceptors (Lipinski definition) is 4. The lowest BCUT2D eigenvalue weighted by atomic mass is 10.2. The zero-order valence-electron chi connectivity index (χ0n) is 11.7. The van der Waals surface area contributed by atoms with Crippen LogP contribution in [0.3, 0.4) is 0 Å². The maximum absolute atomic E-state index is 5.67. The van der Waals surface area contributed by atoms with Crippen LogP contribution < -0.4 is 10.6 Å². The van der Waals surface area contributed by atoms with E-state index in [0.29, 0.717) is 6.54 Å². The summed E-state index contributed by atoms with van der Waals surface area (Å²) in [6.45, 7) is 5.61. The molecule has 0 unspecified atom stereocenters. The van der Waals surface area contributed by atoms with Crippen LogP contribution in [0.2, 0.25) is 0 Å². The largest absolute Gasteiger partial charge is 0.463 e. The number of piperazine rings is 1. The number of para-hydroxylation sites is 1. The molecule has 4 nitrogen and oxygen atoms in total. The molecule has 0 amide bonds. The molecule has 1 aromatic heterocycles. The minimum Gasteiger partial charge on any atom is -0.463 e. The summed E-state index contributed by atoms with van der Waals surface area (Å²) in [4.78, 5) is 4.86. The Morgan fingerprint density at radius 3 is 2.25 bits per heavy atom. The van der Waals surface area contributed by atoms with E-state index in [1.165, 1.54) is 5.69 Å². The first kappa shape index (κ1) is 13.2. The Balaban J connectivity index is 1.53. The number of hydrogen-bond donors (Lipinski definition) is 1. The van der Waals surface area contributed by atoms with Crippen molar-refractivity contribution in [3.8, 4) is 0 Å². The van der Waals surface area contributed by atoms with Crippen molar-refractivity contribution in [2.45, 2.75) is 13.1 Å². The van der Waals surface area contributed by atoms with Gasteiger partial charge < -0.3 is 15.1 Å². The summed E-state index contributed by atoms with van der Waals surface area (Å²) in [5.41, 5.74) is 6.88. The highest BCUT2D eigenvalue weighted by molar-refractivity contribution is 5.46. The van der Waals surface area contributed by atoms with Crippen molar-refractivity contribution in [1.82, 2.24) is 4.90 Å². The molecule has 1 aromatic carbocycles. The van der Waals surface area contributed by atoms with Crippen molar-refractivity contribution in [2.24, 2.45) is 5.73 Å². The van der Waals surface area contributed by atoms with Crippen LogP contribution in [-0.2, 0) is 13.1 Å². The van der Waals surface area contributed by atoms with Gasteiger partial charge in [-0.05, 0) is 24.3 Å². The molecule has 1 saturated heterocycles. The van der Waals surface area contributed by atoms with Gasteiger partial charge in [-0.25, -0.2) is 0 Å². The average Bonchev–Trinajstić information content (AvgIpc) is 2.97. The van der Waals surface area contributed by atoms with Crippen LogP contribution in [0.4, 0.5) is 5.69 Å². The van der Waals surface area contributed by atoms with Gasteiger partial charge in [0.2, 0.25) is 0 Å². The normalized spacial score (nSPS) is 16.6. The first-order chi connectivity index (χ1) is 9.85. The van der Waals surface area contributed by atoms with E-state index >= 15 is 0 Å². The number of furan rings is 1. The molecule has 3 rings (SSSR count). The van der Waals surface area contributed by atoms with E-state index in [0.717, 1.165) is 44.2 Å². The van der Waals surface area contributed by atoms with Gasteiger partial charge in [-0.2, -0.15) is 0 Å². The molecule has 106 valence electrons. The highest BCUT2D eigenvalue weighted by Gasteiger charge is 2.18. The summed E-state index contributed by atoms with van der Waals surface area (Å²) in [7, 11) is 0. The molecule has 1 fully saturated rings. The Morgan fingerprint density at radius 1 is 0.900 bits per heavy atom. The first-order valence-electron chi connectivity index (χ1n) is 7.15. The maximum Gasteiger partial charge on any atom is 0.118 e. The molecule has 0 bridgehead atoms. The van der Waals surface area contributed by atoms with E-state index < -0.39 is 0 Å². The van der Waals surface area contributed by atoms with Gasteiger partial charge in [0.1, 0.15) is 11.5 Å². The van der Waals surface area contributed by atoms with E-state index in [1.807, 2.05) is 12.1 Å². The van der Waals surface area contributed by atoms with E-state index in [9.17, 15) is 0 Å². The minimum atomic E-state index is 0.474. The summed E-state index contributed by atoms with van der Waals surface area (Å²) in [5, 5.41) is 0. The fourth-order valence-corrected chi connectivity index (χ4v) is 2.64. The van der Waals surface area contributed by atoms with Crippen LogP contribution >= 0.6 is 0 Å². The first-order valence-corrected chi connectivity index (χ1v) is 7.15. The van der Waals surface area contributed by atoms with E-state index in [1.54, 1.807) is 0 Å². The van der Waals surface area contributed by atoms with Crippen LogP contribution in [-0.4, -0.2) is 31.1 Å². The molecule has 2 aromatic rings. The Bertz CT molecular complexity index is 530. The van der Waals surface area contributed by atoms with Gasteiger partial charge in [0.25, 0.3) is 0 Å². The zero-order valence-corrected chi connectivity index (χ0v) is 11.7. The van der Waals surface area contributed by atoms with Gasteiger partial charge in [-0.15, -0.1) is 0 Å². The number of nitrogens with two attached hydrogens (primary N) is 1. The maximum atomic E-state index is 5.67. The number of nitrogens with zero attached hydrogens (tertiary/aromatic N) is 2. The Kier molecular flexibility index (Phi) is 4.04. The van der Waals surface area contributed by atoms with Crippen LogP contribution in [0.5, 0.6) is 0 Å². The molecule has 0 saturated carbocycles. The second-order valence-electron chi connectivity index (χ2n) is 5.17. The van der Waals surface area contributed by atoms with Crippen LogP contribution in [0, 0.1) is 0 Å². The highest BCUT2D eigenvalue weighted by atomic mass is 16.3. The Labute approximate surface area is 119 Å². The van der Waals surface area contributed by atoms with Gasteiger partial charge in [0, 0.05) is 31.9 Å². The highest BCUT2D eigenvalue weighted by Crippen LogP contribution is 2.17. The lowest BCUT2D eigenvalue weighted by molar-refractivity contribution is 0.228. The Morgan fingerprint density at radius 2 is 1.60 bits per heavy atom. The molecular weight excluding hydrogens is 250 g/mol. The molecule has 0 atom stereocenters. The fraction of sp³-hybridized carbons (Fsp3) is 0.375. The molecule has 1 aliphatic heterocycles. The standard InChI is InChI=1S/C16H21N3O/c17-12-15-6-7-16(20-15)13-18-8-10-19(11-9-18)14-4-2-1-3-5-14/h1-7H,8-13,17H2. The lowest BCUT2D eigenvalue weighted by Gasteiger charge is -2.35. The molecule has 4 heteroatoms. The van der Waals surface area contributed by atoms with Crippen molar-refractivity contribution >= 4 is 5.69 Å². The molecule has 2 heterocycles. The molecular formula is C16H21N3O. The third-order valence-corrected chi connectivity index (χ3v) is 3.79. The van der Waals surface area contributed by atoms with E-state index in [2.05, 4.69) is 40.1 Å². The summed E-state index contributed by atoms with van der Waals surface area (Å²) in [6.07, 6.45) is 0. The molecule has 0 spiro atoms. The molecule has 0 radical (unpaired) electrons. The molecule has 2 N–H and O–H groups in total. The zero-order chi connectivity index (χ0) is 13.8. The van der Waals surface area contributed by atoms with Crippen molar-refractivity contribution in [3.05, 3.63) is 54.0 Å². The smallest absolute Gasteiger partial charge is 0.118 e. The summed E-state index contributed by atoms with van der Waals surface area (Å²) in [5.74, 6) is 1.88. The molecule has 0 aliphatic carbocycles. The van der Waals surface area contributed by atoms with Crippen molar-refractivity contribution in [3.63, 3.8) is 0 Å². The third kappa shape index (κ3) is 3.03. The van der Waals surface area contributed by atoms with Gasteiger partial charge >= 0.3 is 0 Å². The number of benzene rings is 1. The van der Waals surface area contributed by atoms with Crippen molar-refractivity contribution < 1.29 is 4.42 Å². The number of rotatable bonds is 4. The molecule has 1 aliphatic rings. The van der Waals surface area contributed by atoms with Crippen LogP contribution in [0.15, 0.2) is 46.9 Å². The average molecular weight is 271 g/mol. The van der Waals surface area contributed by atoms with E-state index in [-0.39, 0.29) is 0 Å². The third-order valence-electron chi connectivity index (χ3n) is 3.79. The Hall–Kier alpha value is -1.78. The van der Waals surface area contributed by atoms with Gasteiger partial charge in [0.15, 0.2) is 0 Å². The fourth-order valence-electron chi connectivity index (χ4n) is 2.64. The lowest BCUT2D eigenvalue weighted by Crippen LogP contribution is -2.45. The summed E-state index contributed by atoms with van der Waals surface area (Å²) < 4.78 is 5.67. The second-order valence-corrected chi connectivity index (χ2v) is 5.17. The number of anilines is 1. The SMILES string of the molecule is NCc1ccc(CN2CCN(c3ccccc3)CC2)o1. The predicted octanol–water partition coefficient (Wildman–Crippen LogP) is 2.06. The monoisotopic (exact) mass is 271 g/mol. The van der Waals surface area contributed by atoms with Gasteiger partial charge in [0.05, 0.1) is 13.1 Å². The molecule has 20 heavy (non-hydrogen) atoms. The topological polar surface area (TPSA) is 45.6 Å². The summed E-state index contributed by atoms with van der Waals surface area (Å²) >= 11 is 0.